The highest BCUT2D eigenvalue weighted by atomic mass is 35.5. The first-order valence-electron chi connectivity index (χ1n) is 9.17. The molecule has 0 radical (unpaired) electrons. The summed E-state index contributed by atoms with van der Waals surface area (Å²) < 4.78 is 13.9. The SMILES string of the molecule is CCCN(CC(=O)Nc1ccccc1C)C(C)C(=O)Nc1cc(Cl)ccc1F. The van der Waals surface area contributed by atoms with Crippen LogP contribution in [0.4, 0.5) is 15.8 Å². The Kier molecular flexibility index (Phi) is 7.96. The number of nitrogens with zero attached hydrogens (tertiary/aromatic N) is 1. The maximum Gasteiger partial charge on any atom is 0.241 e. The van der Waals surface area contributed by atoms with Crippen molar-refractivity contribution in [1.29, 1.82) is 0 Å². The highest BCUT2D eigenvalue weighted by Crippen LogP contribution is 2.20. The number of halogens is 2. The average molecular weight is 406 g/mol. The molecule has 0 aliphatic carbocycles. The van der Waals surface area contributed by atoms with E-state index in [1.807, 2.05) is 38.1 Å². The Labute approximate surface area is 169 Å². The van der Waals surface area contributed by atoms with Gasteiger partial charge < -0.3 is 10.6 Å². The summed E-state index contributed by atoms with van der Waals surface area (Å²) in [6.45, 7) is 6.17. The number of carbonyl (C=O) groups is 2. The van der Waals surface area contributed by atoms with E-state index in [0.717, 1.165) is 17.7 Å². The van der Waals surface area contributed by atoms with Crippen LogP contribution >= 0.6 is 11.6 Å². The van der Waals surface area contributed by atoms with E-state index >= 15 is 0 Å². The molecular weight excluding hydrogens is 381 g/mol. The molecule has 0 heterocycles. The van der Waals surface area contributed by atoms with Crippen LogP contribution in [0.5, 0.6) is 0 Å². The van der Waals surface area contributed by atoms with Crippen molar-refractivity contribution in [2.24, 2.45) is 0 Å². The molecule has 2 rings (SSSR count). The third-order valence-corrected chi connectivity index (χ3v) is 4.63. The minimum absolute atomic E-state index is 0.0187. The van der Waals surface area contributed by atoms with E-state index in [1.165, 1.54) is 18.2 Å². The number of benzene rings is 2. The molecule has 2 amide bonds. The van der Waals surface area contributed by atoms with Crippen molar-refractivity contribution in [3.63, 3.8) is 0 Å². The van der Waals surface area contributed by atoms with Crippen LogP contribution in [0, 0.1) is 12.7 Å². The lowest BCUT2D eigenvalue weighted by Gasteiger charge is -2.27. The largest absolute Gasteiger partial charge is 0.325 e. The Morgan fingerprint density at radius 2 is 1.86 bits per heavy atom. The average Bonchev–Trinajstić information content (AvgIpc) is 2.65. The van der Waals surface area contributed by atoms with Crippen LogP contribution in [-0.2, 0) is 9.59 Å². The van der Waals surface area contributed by atoms with Crippen molar-refractivity contribution in [3.05, 3.63) is 58.9 Å². The Morgan fingerprint density at radius 1 is 1.14 bits per heavy atom. The summed E-state index contributed by atoms with van der Waals surface area (Å²) in [4.78, 5) is 26.8. The lowest BCUT2D eigenvalue weighted by Crippen LogP contribution is -2.46. The zero-order chi connectivity index (χ0) is 20.7. The predicted octanol–water partition coefficient (Wildman–Crippen LogP) is 4.47. The van der Waals surface area contributed by atoms with Gasteiger partial charge in [0.15, 0.2) is 0 Å². The van der Waals surface area contributed by atoms with Gasteiger partial charge in [-0.3, -0.25) is 14.5 Å². The molecule has 7 heteroatoms. The summed E-state index contributed by atoms with van der Waals surface area (Å²) in [5.41, 5.74) is 1.72. The number of aryl methyl sites for hydroxylation is 1. The third-order valence-electron chi connectivity index (χ3n) is 4.39. The number of rotatable bonds is 8. The van der Waals surface area contributed by atoms with E-state index in [0.29, 0.717) is 11.6 Å². The van der Waals surface area contributed by atoms with Crippen molar-refractivity contribution in [3.8, 4) is 0 Å². The number of carbonyl (C=O) groups excluding carboxylic acids is 2. The fourth-order valence-corrected chi connectivity index (χ4v) is 2.95. The van der Waals surface area contributed by atoms with Gasteiger partial charge in [0.2, 0.25) is 11.8 Å². The van der Waals surface area contributed by atoms with Crippen LogP contribution in [-0.4, -0.2) is 35.8 Å². The fraction of sp³-hybridized carbons (Fsp3) is 0.333. The van der Waals surface area contributed by atoms with Gasteiger partial charge in [-0.2, -0.15) is 0 Å². The Bertz CT molecular complexity index is 844. The van der Waals surface area contributed by atoms with Gasteiger partial charge in [0.05, 0.1) is 18.3 Å². The van der Waals surface area contributed by atoms with Crippen LogP contribution in [0.25, 0.3) is 0 Å². The highest BCUT2D eigenvalue weighted by molar-refractivity contribution is 6.30. The quantitative estimate of drug-likeness (QED) is 0.681. The first-order chi connectivity index (χ1) is 13.3. The Balaban J connectivity index is 2.04. The van der Waals surface area contributed by atoms with Crippen molar-refractivity contribution >= 4 is 34.8 Å². The molecule has 0 bridgehead atoms. The van der Waals surface area contributed by atoms with Crippen LogP contribution in [0.1, 0.15) is 25.8 Å². The standard InChI is InChI=1S/C21H25ClFN3O2/c1-4-11-26(13-20(27)24-18-8-6-5-7-14(18)2)15(3)21(28)25-19-12-16(22)9-10-17(19)23/h5-10,12,15H,4,11,13H2,1-3H3,(H,24,27)(H,25,28). The molecule has 0 spiro atoms. The zero-order valence-electron chi connectivity index (χ0n) is 16.3. The molecule has 1 atom stereocenters. The second-order valence-corrected chi connectivity index (χ2v) is 7.06. The lowest BCUT2D eigenvalue weighted by molar-refractivity contribution is -0.123. The van der Waals surface area contributed by atoms with Crippen LogP contribution in [0.3, 0.4) is 0 Å². The summed E-state index contributed by atoms with van der Waals surface area (Å²) in [5.74, 6) is -1.18. The summed E-state index contributed by atoms with van der Waals surface area (Å²) in [6, 6.07) is 10.8. The topological polar surface area (TPSA) is 61.4 Å². The molecule has 0 fully saturated rings. The van der Waals surface area contributed by atoms with E-state index in [4.69, 9.17) is 11.6 Å². The van der Waals surface area contributed by atoms with Gasteiger partial charge in [0.25, 0.3) is 0 Å². The Morgan fingerprint density at radius 3 is 2.54 bits per heavy atom. The van der Waals surface area contributed by atoms with Crippen molar-refractivity contribution in [2.75, 3.05) is 23.7 Å². The molecule has 1 unspecified atom stereocenters. The Hall–Kier alpha value is -2.44. The zero-order valence-corrected chi connectivity index (χ0v) is 17.0. The second-order valence-electron chi connectivity index (χ2n) is 6.62. The molecule has 0 aliphatic rings. The summed E-state index contributed by atoms with van der Waals surface area (Å²) in [5, 5.41) is 5.75. The molecule has 150 valence electrons. The van der Waals surface area contributed by atoms with Gasteiger partial charge in [-0.15, -0.1) is 0 Å². The van der Waals surface area contributed by atoms with Crippen LogP contribution < -0.4 is 10.6 Å². The first-order valence-corrected chi connectivity index (χ1v) is 9.55. The molecule has 2 aromatic rings. The molecular formula is C21H25ClFN3O2. The molecule has 5 nitrogen and oxygen atoms in total. The maximum absolute atomic E-state index is 13.9. The second kappa shape index (κ2) is 10.2. The van der Waals surface area contributed by atoms with Gasteiger partial charge in [-0.25, -0.2) is 4.39 Å². The van der Waals surface area contributed by atoms with E-state index in [1.54, 1.807) is 11.8 Å². The van der Waals surface area contributed by atoms with Gasteiger partial charge in [0, 0.05) is 10.7 Å². The monoisotopic (exact) mass is 405 g/mol. The fourth-order valence-electron chi connectivity index (χ4n) is 2.78. The number of hydrogen-bond acceptors (Lipinski definition) is 3. The molecule has 0 aliphatic heterocycles. The number of para-hydroxylation sites is 1. The molecule has 0 saturated heterocycles. The summed E-state index contributed by atoms with van der Waals surface area (Å²) in [7, 11) is 0. The predicted molar refractivity (Wildman–Crippen MR) is 111 cm³/mol. The molecule has 2 aromatic carbocycles. The normalized spacial score (nSPS) is 11.9. The van der Waals surface area contributed by atoms with Crippen molar-refractivity contribution in [1.82, 2.24) is 4.90 Å². The van der Waals surface area contributed by atoms with E-state index in [9.17, 15) is 14.0 Å². The number of hydrogen-bond donors (Lipinski definition) is 2. The van der Waals surface area contributed by atoms with E-state index in [-0.39, 0.29) is 18.1 Å². The van der Waals surface area contributed by atoms with E-state index < -0.39 is 17.8 Å². The number of nitrogens with one attached hydrogen (secondary N) is 2. The van der Waals surface area contributed by atoms with Gasteiger partial charge >= 0.3 is 0 Å². The van der Waals surface area contributed by atoms with Crippen molar-refractivity contribution in [2.45, 2.75) is 33.2 Å². The van der Waals surface area contributed by atoms with Crippen LogP contribution in [0.2, 0.25) is 5.02 Å². The van der Waals surface area contributed by atoms with Crippen molar-refractivity contribution < 1.29 is 14.0 Å². The van der Waals surface area contributed by atoms with E-state index in [2.05, 4.69) is 10.6 Å². The minimum atomic E-state index is -0.624. The molecule has 2 N–H and O–H groups in total. The summed E-state index contributed by atoms with van der Waals surface area (Å²) in [6.07, 6.45) is 0.765. The number of amides is 2. The van der Waals surface area contributed by atoms with Gasteiger partial charge in [-0.05, 0) is 56.6 Å². The lowest BCUT2D eigenvalue weighted by atomic mass is 10.2. The van der Waals surface area contributed by atoms with Crippen LogP contribution in [0.15, 0.2) is 42.5 Å². The van der Waals surface area contributed by atoms with Gasteiger partial charge in [-0.1, -0.05) is 36.7 Å². The summed E-state index contributed by atoms with van der Waals surface area (Å²) >= 11 is 5.87. The third kappa shape index (κ3) is 6.04. The minimum Gasteiger partial charge on any atom is -0.325 e. The molecule has 0 saturated carbocycles. The molecule has 28 heavy (non-hydrogen) atoms. The number of anilines is 2. The van der Waals surface area contributed by atoms with Gasteiger partial charge in [0.1, 0.15) is 5.82 Å². The first kappa shape index (κ1) is 21.9. The molecule has 0 aromatic heterocycles. The highest BCUT2D eigenvalue weighted by Gasteiger charge is 2.24. The smallest absolute Gasteiger partial charge is 0.241 e. The maximum atomic E-state index is 13.9.